The number of carbonyl (C=O) groups is 1. The van der Waals surface area contributed by atoms with Crippen molar-refractivity contribution in [3.63, 3.8) is 0 Å². The number of ether oxygens (including phenoxy) is 1. The van der Waals surface area contributed by atoms with E-state index in [9.17, 15) is 4.79 Å². The highest BCUT2D eigenvalue weighted by Gasteiger charge is 2.10. The molecule has 1 aromatic heterocycles. The Labute approximate surface area is 105 Å². The summed E-state index contributed by atoms with van der Waals surface area (Å²) in [6, 6.07) is 7.21. The van der Waals surface area contributed by atoms with Crippen LogP contribution in [0.2, 0.25) is 5.02 Å². The number of nitrogens with zero attached hydrogens (tertiary/aromatic N) is 1. The summed E-state index contributed by atoms with van der Waals surface area (Å²) in [5.41, 5.74) is 2.32. The predicted octanol–water partition coefficient (Wildman–Crippen LogP) is 3.26. The average Bonchev–Trinajstić information content (AvgIpc) is 2.80. The first-order valence-electron chi connectivity index (χ1n) is 5.14. The fraction of sp³-hybridized carbons (Fsp3) is 0.154. The minimum Gasteiger partial charge on any atom is -0.495 e. The average molecular weight is 250 g/mol. The van der Waals surface area contributed by atoms with Gasteiger partial charge in [-0.2, -0.15) is 0 Å². The van der Waals surface area contributed by atoms with Gasteiger partial charge in [-0.05, 0) is 30.7 Å². The SMILES string of the molecule is COc1cc(Cl)c(C)cc1-n1cccc1C=O. The third-order valence-corrected chi connectivity index (χ3v) is 3.03. The van der Waals surface area contributed by atoms with Gasteiger partial charge in [0.1, 0.15) is 5.75 Å². The first-order valence-corrected chi connectivity index (χ1v) is 5.52. The van der Waals surface area contributed by atoms with Crippen molar-refractivity contribution in [1.82, 2.24) is 4.57 Å². The number of aromatic nitrogens is 1. The van der Waals surface area contributed by atoms with Gasteiger partial charge in [0.05, 0.1) is 18.5 Å². The summed E-state index contributed by atoms with van der Waals surface area (Å²) in [5, 5.41) is 0.644. The van der Waals surface area contributed by atoms with Gasteiger partial charge in [0.25, 0.3) is 0 Å². The van der Waals surface area contributed by atoms with Crippen molar-refractivity contribution in [3.8, 4) is 11.4 Å². The number of hydrogen-bond acceptors (Lipinski definition) is 2. The van der Waals surface area contributed by atoms with Gasteiger partial charge >= 0.3 is 0 Å². The number of hydrogen-bond donors (Lipinski definition) is 0. The number of aryl methyl sites for hydroxylation is 1. The zero-order valence-electron chi connectivity index (χ0n) is 9.61. The van der Waals surface area contributed by atoms with E-state index in [1.54, 1.807) is 23.8 Å². The molecule has 0 aliphatic carbocycles. The lowest BCUT2D eigenvalue weighted by molar-refractivity contribution is 0.111. The fourth-order valence-corrected chi connectivity index (χ4v) is 1.86. The van der Waals surface area contributed by atoms with Crippen molar-refractivity contribution < 1.29 is 9.53 Å². The molecule has 4 heteroatoms. The van der Waals surface area contributed by atoms with Gasteiger partial charge in [-0.25, -0.2) is 0 Å². The standard InChI is InChI=1S/C13H12ClNO2/c1-9-6-12(13(17-2)7-11(9)14)15-5-3-4-10(15)8-16/h3-8H,1-2H3. The van der Waals surface area contributed by atoms with Gasteiger partial charge in [0.15, 0.2) is 6.29 Å². The fourth-order valence-electron chi connectivity index (χ4n) is 1.71. The third-order valence-electron chi connectivity index (χ3n) is 2.62. The number of aldehydes is 1. The van der Waals surface area contributed by atoms with Crippen LogP contribution in [0.15, 0.2) is 30.5 Å². The van der Waals surface area contributed by atoms with Gasteiger partial charge in [-0.3, -0.25) is 4.79 Å². The number of carbonyl (C=O) groups excluding carboxylic acids is 1. The summed E-state index contributed by atoms with van der Waals surface area (Å²) >= 11 is 6.04. The normalized spacial score (nSPS) is 10.3. The van der Waals surface area contributed by atoms with Crippen molar-refractivity contribution in [2.24, 2.45) is 0 Å². The Kier molecular flexibility index (Phi) is 3.20. The van der Waals surface area contributed by atoms with Crippen molar-refractivity contribution in [2.75, 3.05) is 7.11 Å². The summed E-state index contributed by atoms with van der Waals surface area (Å²) in [6.45, 7) is 1.91. The van der Waals surface area contributed by atoms with Gasteiger partial charge in [-0.1, -0.05) is 11.6 Å². The highest BCUT2D eigenvalue weighted by atomic mass is 35.5. The van der Waals surface area contributed by atoms with E-state index < -0.39 is 0 Å². The Balaban J connectivity index is 2.66. The van der Waals surface area contributed by atoms with Crippen LogP contribution in [0.3, 0.4) is 0 Å². The summed E-state index contributed by atoms with van der Waals surface area (Å²) in [4.78, 5) is 10.9. The van der Waals surface area contributed by atoms with Crippen LogP contribution in [-0.2, 0) is 0 Å². The molecule has 0 unspecified atom stereocenters. The van der Waals surface area contributed by atoms with Crippen molar-refractivity contribution in [3.05, 3.63) is 46.7 Å². The molecule has 0 N–H and O–H groups in total. The van der Waals surface area contributed by atoms with Crippen LogP contribution in [0.25, 0.3) is 5.69 Å². The highest BCUT2D eigenvalue weighted by molar-refractivity contribution is 6.31. The Morgan fingerprint density at radius 1 is 1.41 bits per heavy atom. The van der Waals surface area contributed by atoms with Crippen molar-refractivity contribution in [1.29, 1.82) is 0 Å². The van der Waals surface area contributed by atoms with E-state index in [0.717, 1.165) is 17.5 Å². The second kappa shape index (κ2) is 4.63. The molecule has 1 aromatic carbocycles. The molecule has 0 aliphatic heterocycles. The predicted molar refractivity (Wildman–Crippen MR) is 67.5 cm³/mol. The first-order chi connectivity index (χ1) is 8.17. The molecule has 0 saturated carbocycles. The Hall–Kier alpha value is -1.74. The molecule has 0 aliphatic rings. The second-order valence-corrected chi connectivity index (χ2v) is 4.10. The zero-order chi connectivity index (χ0) is 12.4. The minimum absolute atomic E-state index is 0.574. The van der Waals surface area contributed by atoms with Crippen LogP contribution >= 0.6 is 11.6 Å². The second-order valence-electron chi connectivity index (χ2n) is 3.69. The maximum atomic E-state index is 10.9. The molecule has 1 heterocycles. The van der Waals surface area contributed by atoms with E-state index in [0.29, 0.717) is 16.5 Å². The van der Waals surface area contributed by atoms with Crippen LogP contribution in [0.1, 0.15) is 16.1 Å². The highest BCUT2D eigenvalue weighted by Crippen LogP contribution is 2.30. The molecule has 88 valence electrons. The lowest BCUT2D eigenvalue weighted by Gasteiger charge is -2.13. The molecule has 0 bridgehead atoms. The summed E-state index contributed by atoms with van der Waals surface area (Å²) in [7, 11) is 1.58. The van der Waals surface area contributed by atoms with E-state index in [1.807, 2.05) is 25.3 Å². The molecule has 0 spiro atoms. The smallest absolute Gasteiger partial charge is 0.166 e. The summed E-state index contributed by atoms with van der Waals surface area (Å²) in [5.74, 6) is 0.639. The zero-order valence-corrected chi connectivity index (χ0v) is 10.4. The Morgan fingerprint density at radius 2 is 2.18 bits per heavy atom. The number of rotatable bonds is 3. The minimum atomic E-state index is 0.574. The van der Waals surface area contributed by atoms with Gasteiger partial charge in [0, 0.05) is 17.3 Å². The Bertz CT molecular complexity index is 561. The lowest BCUT2D eigenvalue weighted by atomic mass is 10.2. The maximum absolute atomic E-state index is 10.9. The van der Waals surface area contributed by atoms with Gasteiger partial charge < -0.3 is 9.30 Å². The molecule has 0 amide bonds. The van der Waals surface area contributed by atoms with Gasteiger partial charge in [-0.15, -0.1) is 0 Å². The van der Waals surface area contributed by atoms with Crippen molar-refractivity contribution >= 4 is 17.9 Å². The van der Waals surface area contributed by atoms with E-state index in [2.05, 4.69) is 0 Å². The summed E-state index contributed by atoms with van der Waals surface area (Å²) < 4.78 is 7.06. The molecular weight excluding hydrogens is 238 g/mol. The monoisotopic (exact) mass is 249 g/mol. The quantitative estimate of drug-likeness (QED) is 0.782. The number of methoxy groups -OCH3 is 1. The van der Waals surface area contributed by atoms with Gasteiger partial charge in [0.2, 0.25) is 0 Å². The molecule has 2 aromatic rings. The lowest BCUT2D eigenvalue weighted by Crippen LogP contribution is -2.01. The molecule has 0 atom stereocenters. The summed E-state index contributed by atoms with van der Waals surface area (Å²) in [6.07, 6.45) is 2.62. The van der Waals surface area contributed by atoms with Crippen molar-refractivity contribution in [2.45, 2.75) is 6.92 Å². The molecule has 0 fully saturated rings. The third kappa shape index (κ3) is 2.06. The van der Waals surface area contributed by atoms with Crippen LogP contribution in [-0.4, -0.2) is 18.0 Å². The van der Waals surface area contributed by atoms with E-state index in [1.165, 1.54) is 0 Å². The maximum Gasteiger partial charge on any atom is 0.166 e. The molecular formula is C13H12ClNO2. The number of halogens is 1. The molecule has 17 heavy (non-hydrogen) atoms. The van der Waals surface area contributed by atoms with E-state index in [-0.39, 0.29) is 0 Å². The Morgan fingerprint density at radius 3 is 2.82 bits per heavy atom. The van der Waals surface area contributed by atoms with Crippen LogP contribution in [0.4, 0.5) is 0 Å². The van der Waals surface area contributed by atoms with Crippen LogP contribution in [0, 0.1) is 6.92 Å². The first kappa shape index (κ1) is 11.7. The number of benzene rings is 1. The van der Waals surface area contributed by atoms with Crippen LogP contribution in [0.5, 0.6) is 5.75 Å². The molecule has 0 radical (unpaired) electrons. The van der Waals surface area contributed by atoms with Crippen LogP contribution < -0.4 is 4.74 Å². The topological polar surface area (TPSA) is 31.2 Å². The molecule has 3 nitrogen and oxygen atoms in total. The van der Waals surface area contributed by atoms with E-state index in [4.69, 9.17) is 16.3 Å². The van der Waals surface area contributed by atoms with E-state index >= 15 is 0 Å². The molecule has 2 rings (SSSR count). The molecule has 0 saturated heterocycles. The largest absolute Gasteiger partial charge is 0.495 e.